The first kappa shape index (κ1) is 12.0. The molecule has 2 heterocycles. The van der Waals surface area contributed by atoms with Crippen LogP contribution in [0.15, 0.2) is 40.2 Å². The summed E-state index contributed by atoms with van der Waals surface area (Å²) in [4.78, 5) is 5.43. The average Bonchev–Trinajstić information content (AvgIpc) is 2.99. The van der Waals surface area contributed by atoms with Gasteiger partial charge in [-0.05, 0) is 41.2 Å². The van der Waals surface area contributed by atoms with Crippen LogP contribution in [-0.4, -0.2) is 9.36 Å². The molecule has 3 rings (SSSR count). The minimum absolute atomic E-state index is 0.320. The molecular weight excluding hydrogens is 335 g/mol. The van der Waals surface area contributed by atoms with Gasteiger partial charge in [0.25, 0.3) is 0 Å². The number of halogens is 2. The van der Waals surface area contributed by atoms with Gasteiger partial charge in [-0.1, -0.05) is 22.0 Å². The van der Waals surface area contributed by atoms with E-state index in [4.69, 9.17) is 0 Å². The van der Waals surface area contributed by atoms with Gasteiger partial charge in [-0.2, -0.15) is 4.37 Å². The molecule has 0 atom stereocenters. The lowest BCUT2D eigenvalue weighted by molar-refractivity contribution is 0.629. The number of benzene rings is 1. The lowest BCUT2D eigenvalue weighted by Crippen LogP contribution is -1.86. The highest BCUT2D eigenvalue weighted by atomic mass is 79.9. The molecule has 0 N–H and O–H groups in total. The van der Waals surface area contributed by atoms with Crippen molar-refractivity contribution in [3.05, 3.63) is 46.0 Å². The predicted molar refractivity (Wildman–Crippen MR) is 76.3 cm³/mol. The van der Waals surface area contributed by atoms with E-state index in [1.807, 2.05) is 17.5 Å². The van der Waals surface area contributed by atoms with E-state index >= 15 is 0 Å². The largest absolute Gasteiger partial charge is 0.214 e. The number of thiophene rings is 1. The summed E-state index contributed by atoms with van der Waals surface area (Å²) >= 11 is 6.11. The maximum Gasteiger partial charge on any atom is 0.176 e. The minimum Gasteiger partial charge on any atom is -0.214 e. The van der Waals surface area contributed by atoms with Crippen molar-refractivity contribution < 1.29 is 4.39 Å². The van der Waals surface area contributed by atoms with Crippen LogP contribution < -0.4 is 0 Å². The van der Waals surface area contributed by atoms with Crippen molar-refractivity contribution in [2.45, 2.75) is 0 Å². The zero-order valence-electron chi connectivity index (χ0n) is 8.93. The van der Waals surface area contributed by atoms with Gasteiger partial charge in [-0.25, -0.2) is 9.37 Å². The van der Waals surface area contributed by atoms with Crippen LogP contribution in [0.5, 0.6) is 0 Å². The van der Waals surface area contributed by atoms with Crippen LogP contribution in [0.25, 0.3) is 21.3 Å². The first-order chi connectivity index (χ1) is 8.74. The summed E-state index contributed by atoms with van der Waals surface area (Å²) in [6.45, 7) is 0. The van der Waals surface area contributed by atoms with Crippen molar-refractivity contribution in [3.63, 3.8) is 0 Å². The van der Waals surface area contributed by atoms with Crippen molar-refractivity contribution in [1.82, 2.24) is 9.36 Å². The third-order valence-corrected chi connectivity index (χ3v) is 4.58. The zero-order chi connectivity index (χ0) is 12.5. The Morgan fingerprint density at radius 3 is 2.83 bits per heavy atom. The van der Waals surface area contributed by atoms with Crippen LogP contribution in [-0.2, 0) is 0 Å². The summed E-state index contributed by atoms with van der Waals surface area (Å²) < 4.78 is 18.7. The van der Waals surface area contributed by atoms with Gasteiger partial charge in [0.15, 0.2) is 10.8 Å². The maximum absolute atomic E-state index is 13.8. The Morgan fingerprint density at radius 2 is 2.11 bits per heavy atom. The molecule has 0 unspecified atom stereocenters. The first-order valence-corrected chi connectivity index (χ1v) is 7.51. The molecule has 0 aliphatic rings. The highest BCUT2D eigenvalue weighted by Gasteiger charge is 2.12. The molecule has 6 heteroatoms. The maximum atomic E-state index is 13.8. The van der Waals surface area contributed by atoms with E-state index in [0.29, 0.717) is 15.9 Å². The molecule has 0 bridgehead atoms. The molecule has 0 radical (unpaired) electrons. The second-order valence-corrected chi connectivity index (χ2v) is 6.14. The summed E-state index contributed by atoms with van der Waals surface area (Å²) in [6.07, 6.45) is 0. The smallest absolute Gasteiger partial charge is 0.176 e. The Labute approximate surface area is 119 Å². The first-order valence-electron chi connectivity index (χ1n) is 5.07. The van der Waals surface area contributed by atoms with E-state index in [0.717, 1.165) is 9.88 Å². The molecule has 0 aliphatic carbocycles. The zero-order valence-corrected chi connectivity index (χ0v) is 12.1. The van der Waals surface area contributed by atoms with E-state index in [2.05, 4.69) is 25.3 Å². The van der Waals surface area contributed by atoms with Gasteiger partial charge >= 0.3 is 0 Å². The molecule has 0 saturated carbocycles. The van der Waals surface area contributed by atoms with Gasteiger partial charge < -0.3 is 0 Å². The Bertz CT molecular complexity index is 679. The van der Waals surface area contributed by atoms with Crippen LogP contribution in [0.1, 0.15) is 0 Å². The van der Waals surface area contributed by atoms with Gasteiger partial charge in [0.1, 0.15) is 5.82 Å². The molecular formula is C12H6BrFN2S2. The van der Waals surface area contributed by atoms with Crippen LogP contribution in [0.2, 0.25) is 0 Å². The van der Waals surface area contributed by atoms with Crippen LogP contribution in [0.4, 0.5) is 4.39 Å². The Morgan fingerprint density at radius 1 is 1.22 bits per heavy atom. The molecule has 0 amide bonds. The minimum atomic E-state index is -0.320. The number of rotatable bonds is 2. The van der Waals surface area contributed by atoms with E-state index in [9.17, 15) is 4.39 Å². The second kappa shape index (κ2) is 4.87. The summed E-state index contributed by atoms with van der Waals surface area (Å²) in [6, 6.07) is 8.82. The molecule has 0 aliphatic heterocycles. The fourth-order valence-corrected chi connectivity index (χ4v) is 3.30. The summed E-state index contributed by atoms with van der Waals surface area (Å²) in [7, 11) is 0. The van der Waals surface area contributed by atoms with E-state index in [1.54, 1.807) is 23.5 Å². The number of aromatic nitrogens is 2. The average molecular weight is 341 g/mol. The van der Waals surface area contributed by atoms with Crippen molar-refractivity contribution in [1.29, 1.82) is 0 Å². The third kappa shape index (κ3) is 2.23. The fourth-order valence-electron chi connectivity index (χ4n) is 1.50. The van der Waals surface area contributed by atoms with Gasteiger partial charge in [-0.15, -0.1) is 11.3 Å². The highest BCUT2D eigenvalue weighted by molar-refractivity contribution is 9.10. The monoisotopic (exact) mass is 340 g/mol. The number of nitrogens with zero attached hydrogens (tertiary/aromatic N) is 2. The molecule has 2 nitrogen and oxygen atoms in total. The molecule has 0 spiro atoms. The topological polar surface area (TPSA) is 25.8 Å². The van der Waals surface area contributed by atoms with Crippen LogP contribution in [0.3, 0.4) is 0 Å². The van der Waals surface area contributed by atoms with Crippen LogP contribution in [0, 0.1) is 5.82 Å². The Kier molecular flexibility index (Phi) is 3.23. The third-order valence-electron chi connectivity index (χ3n) is 2.33. The molecule has 18 heavy (non-hydrogen) atoms. The Hall–Kier alpha value is -1.11. The molecule has 90 valence electrons. The summed E-state index contributed by atoms with van der Waals surface area (Å²) in [5.41, 5.74) is 0.428. The van der Waals surface area contributed by atoms with E-state index < -0.39 is 0 Å². The lowest BCUT2D eigenvalue weighted by atomic mass is 10.2. The molecule has 0 saturated heterocycles. The summed E-state index contributed by atoms with van der Waals surface area (Å²) in [5, 5.41) is 2.80. The van der Waals surface area contributed by atoms with Crippen molar-refractivity contribution >= 4 is 38.8 Å². The Balaban J connectivity index is 2.03. The van der Waals surface area contributed by atoms with Gasteiger partial charge in [0.05, 0.1) is 10.4 Å². The molecule has 0 fully saturated rings. The van der Waals surface area contributed by atoms with Gasteiger partial charge in [0, 0.05) is 4.47 Å². The van der Waals surface area contributed by atoms with Crippen molar-refractivity contribution in [3.8, 4) is 21.3 Å². The SMILES string of the molecule is Fc1cc(Br)ccc1-c1nsc(-c2cccs2)n1. The van der Waals surface area contributed by atoms with Gasteiger partial charge in [0.2, 0.25) is 0 Å². The van der Waals surface area contributed by atoms with Crippen molar-refractivity contribution in [2.75, 3.05) is 0 Å². The molecule has 1 aromatic carbocycles. The summed E-state index contributed by atoms with van der Waals surface area (Å²) in [5.74, 6) is 0.119. The predicted octanol–water partition coefficient (Wildman–Crippen LogP) is 4.84. The second-order valence-electron chi connectivity index (χ2n) is 3.52. The van der Waals surface area contributed by atoms with Crippen molar-refractivity contribution in [2.24, 2.45) is 0 Å². The number of hydrogen-bond acceptors (Lipinski definition) is 4. The highest BCUT2D eigenvalue weighted by Crippen LogP contribution is 2.30. The van der Waals surface area contributed by atoms with E-state index in [1.165, 1.54) is 17.6 Å². The lowest BCUT2D eigenvalue weighted by Gasteiger charge is -1.98. The fraction of sp³-hybridized carbons (Fsp3) is 0. The standard InChI is InChI=1S/C12H6BrFN2S2/c13-7-3-4-8(9(14)6-7)11-15-12(18-16-11)10-2-1-5-17-10/h1-6H. The molecule has 3 aromatic rings. The normalized spacial score (nSPS) is 10.8. The van der Waals surface area contributed by atoms with E-state index in [-0.39, 0.29) is 5.82 Å². The van der Waals surface area contributed by atoms with Crippen LogP contribution >= 0.6 is 38.8 Å². The van der Waals surface area contributed by atoms with Gasteiger partial charge in [-0.3, -0.25) is 0 Å². The molecule has 2 aromatic heterocycles. The quantitative estimate of drug-likeness (QED) is 0.667. The number of hydrogen-bond donors (Lipinski definition) is 0.